The maximum absolute atomic E-state index is 4.10. The third kappa shape index (κ3) is 3.41. The summed E-state index contributed by atoms with van der Waals surface area (Å²) in [4.78, 5) is 4.10. The summed E-state index contributed by atoms with van der Waals surface area (Å²) in [6.07, 6.45) is 9.61. The molecule has 106 valence electrons. The Labute approximate surface area is 121 Å². The highest BCUT2D eigenvalue weighted by Gasteiger charge is 2.27. The van der Waals surface area contributed by atoms with Gasteiger partial charge in [-0.3, -0.25) is 4.98 Å². The SMILES string of the molecule is CC(C)(CCC(C)(C)c1ccnnc1)c1ccncc1. The van der Waals surface area contributed by atoms with Crippen LogP contribution in [-0.2, 0) is 10.8 Å². The molecule has 0 aliphatic carbocycles. The zero-order chi connectivity index (χ0) is 14.6. The van der Waals surface area contributed by atoms with Crippen molar-refractivity contribution >= 4 is 0 Å². The smallest absolute Gasteiger partial charge is 0.0533 e. The molecule has 2 aromatic rings. The maximum Gasteiger partial charge on any atom is 0.0533 e. The van der Waals surface area contributed by atoms with Crippen LogP contribution in [0.5, 0.6) is 0 Å². The summed E-state index contributed by atoms with van der Waals surface area (Å²) in [6, 6.07) is 6.29. The molecule has 0 atom stereocenters. The van der Waals surface area contributed by atoms with E-state index in [1.54, 1.807) is 6.20 Å². The van der Waals surface area contributed by atoms with Crippen LogP contribution in [0.15, 0.2) is 43.0 Å². The lowest BCUT2D eigenvalue weighted by molar-refractivity contribution is 0.373. The number of pyridine rings is 1. The third-order valence-electron chi connectivity index (χ3n) is 4.20. The van der Waals surface area contributed by atoms with Gasteiger partial charge in [0.15, 0.2) is 0 Å². The van der Waals surface area contributed by atoms with Crippen molar-refractivity contribution in [1.82, 2.24) is 15.2 Å². The van der Waals surface area contributed by atoms with Crippen LogP contribution in [-0.4, -0.2) is 15.2 Å². The molecule has 0 unspecified atom stereocenters. The van der Waals surface area contributed by atoms with Crippen molar-refractivity contribution in [2.45, 2.75) is 51.4 Å². The Morgan fingerprint density at radius 2 is 1.30 bits per heavy atom. The van der Waals surface area contributed by atoms with Crippen LogP contribution >= 0.6 is 0 Å². The van der Waals surface area contributed by atoms with E-state index in [-0.39, 0.29) is 10.8 Å². The molecule has 2 rings (SSSR count). The molecule has 0 aliphatic rings. The highest BCUT2D eigenvalue weighted by molar-refractivity contribution is 5.22. The van der Waals surface area contributed by atoms with Crippen molar-refractivity contribution < 1.29 is 0 Å². The van der Waals surface area contributed by atoms with Crippen LogP contribution in [0.3, 0.4) is 0 Å². The van der Waals surface area contributed by atoms with Crippen LogP contribution in [0, 0.1) is 0 Å². The zero-order valence-corrected chi connectivity index (χ0v) is 12.8. The van der Waals surface area contributed by atoms with E-state index in [9.17, 15) is 0 Å². The summed E-state index contributed by atoms with van der Waals surface area (Å²) < 4.78 is 0. The predicted molar refractivity (Wildman–Crippen MR) is 81.6 cm³/mol. The van der Waals surface area contributed by atoms with E-state index in [2.05, 4.69) is 61.1 Å². The van der Waals surface area contributed by atoms with Gasteiger partial charge in [-0.1, -0.05) is 27.7 Å². The van der Waals surface area contributed by atoms with Gasteiger partial charge < -0.3 is 0 Å². The van der Waals surface area contributed by atoms with Gasteiger partial charge >= 0.3 is 0 Å². The first-order chi connectivity index (χ1) is 9.42. The van der Waals surface area contributed by atoms with Crippen molar-refractivity contribution in [3.05, 3.63) is 54.1 Å². The standard InChI is InChI=1S/C17H23N3/c1-16(2,14-5-10-18-11-6-14)8-9-17(3,4)15-7-12-19-20-13-15/h5-7,10-13H,8-9H2,1-4H3. The van der Waals surface area contributed by atoms with Gasteiger partial charge in [0, 0.05) is 18.6 Å². The molecule has 20 heavy (non-hydrogen) atoms. The lowest BCUT2D eigenvalue weighted by Crippen LogP contribution is -2.24. The summed E-state index contributed by atoms with van der Waals surface area (Å²) in [5.74, 6) is 0. The Kier molecular flexibility index (Phi) is 4.17. The van der Waals surface area contributed by atoms with Crippen molar-refractivity contribution in [2.75, 3.05) is 0 Å². The fraction of sp³-hybridized carbons (Fsp3) is 0.471. The molecule has 0 aromatic carbocycles. The van der Waals surface area contributed by atoms with Crippen LogP contribution in [0.1, 0.15) is 51.7 Å². The molecule has 0 aliphatic heterocycles. The Morgan fingerprint density at radius 3 is 1.85 bits per heavy atom. The van der Waals surface area contributed by atoms with Crippen LogP contribution < -0.4 is 0 Å². The van der Waals surface area contributed by atoms with Gasteiger partial charge in [0.05, 0.1) is 6.20 Å². The fourth-order valence-corrected chi connectivity index (χ4v) is 2.41. The van der Waals surface area contributed by atoms with Gasteiger partial charge in [0.25, 0.3) is 0 Å². The Bertz CT molecular complexity index is 481. The van der Waals surface area contributed by atoms with Crippen LogP contribution in [0.4, 0.5) is 0 Å². The summed E-state index contributed by atoms with van der Waals surface area (Å²) in [7, 11) is 0. The zero-order valence-electron chi connectivity index (χ0n) is 12.8. The Morgan fingerprint density at radius 1 is 0.750 bits per heavy atom. The van der Waals surface area contributed by atoms with Gasteiger partial charge in [0.2, 0.25) is 0 Å². The molecule has 2 heterocycles. The third-order valence-corrected chi connectivity index (χ3v) is 4.20. The van der Waals surface area contributed by atoms with Crippen molar-refractivity contribution in [2.24, 2.45) is 0 Å². The number of aromatic nitrogens is 3. The van der Waals surface area contributed by atoms with E-state index < -0.39 is 0 Å². The van der Waals surface area contributed by atoms with E-state index in [0.717, 1.165) is 12.8 Å². The monoisotopic (exact) mass is 269 g/mol. The summed E-state index contributed by atoms with van der Waals surface area (Å²) in [5.41, 5.74) is 2.86. The fourth-order valence-electron chi connectivity index (χ4n) is 2.41. The second kappa shape index (κ2) is 5.70. The average Bonchev–Trinajstić information content (AvgIpc) is 2.47. The molecular formula is C17H23N3. The quantitative estimate of drug-likeness (QED) is 0.826. The van der Waals surface area contributed by atoms with Crippen LogP contribution in [0.25, 0.3) is 0 Å². The van der Waals surface area contributed by atoms with Crippen molar-refractivity contribution in [1.29, 1.82) is 0 Å². The van der Waals surface area contributed by atoms with E-state index in [1.807, 2.05) is 18.6 Å². The maximum atomic E-state index is 4.10. The van der Waals surface area contributed by atoms with Gasteiger partial charge in [-0.15, -0.1) is 0 Å². The van der Waals surface area contributed by atoms with Gasteiger partial charge in [0.1, 0.15) is 0 Å². The average molecular weight is 269 g/mol. The minimum atomic E-state index is 0.111. The van der Waals surface area contributed by atoms with Crippen molar-refractivity contribution in [3.8, 4) is 0 Å². The van der Waals surface area contributed by atoms with Gasteiger partial charge in [-0.25, -0.2) is 0 Å². The first-order valence-corrected chi connectivity index (χ1v) is 7.09. The van der Waals surface area contributed by atoms with Gasteiger partial charge in [-0.05, 0) is 53.0 Å². The summed E-state index contributed by atoms with van der Waals surface area (Å²) in [5, 5.41) is 7.85. The second-order valence-corrected chi connectivity index (χ2v) is 6.63. The molecule has 0 amide bonds. The molecule has 0 spiro atoms. The molecule has 3 heteroatoms. The number of hydrogen-bond acceptors (Lipinski definition) is 3. The molecule has 0 saturated carbocycles. The van der Waals surface area contributed by atoms with E-state index in [1.165, 1.54) is 11.1 Å². The van der Waals surface area contributed by atoms with E-state index >= 15 is 0 Å². The lowest BCUT2D eigenvalue weighted by Gasteiger charge is -2.31. The van der Waals surface area contributed by atoms with Crippen molar-refractivity contribution in [3.63, 3.8) is 0 Å². The Balaban J connectivity index is 2.08. The molecule has 2 aromatic heterocycles. The Hall–Kier alpha value is -1.77. The number of rotatable bonds is 5. The molecular weight excluding hydrogens is 246 g/mol. The normalized spacial score (nSPS) is 12.4. The second-order valence-electron chi connectivity index (χ2n) is 6.63. The van der Waals surface area contributed by atoms with E-state index in [0.29, 0.717) is 0 Å². The molecule has 3 nitrogen and oxygen atoms in total. The van der Waals surface area contributed by atoms with E-state index in [4.69, 9.17) is 0 Å². The molecule has 0 bridgehead atoms. The summed E-state index contributed by atoms with van der Waals surface area (Å²) in [6.45, 7) is 9.13. The summed E-state index contributed by atoms with van der Waals surface area (Å²) >= 11 is 0. The highest BCUT2D eigenvalue weighted by Crippen LogP contribution is 2.35. The number of nitrogens with zero attached hydrogens (tertiary/aromatic N) is 3. The minimum absolute atomic E-state index is 0.111. The van der Waals surface area contributed by atoms with Crippen LogP contribution in [0.2, 0.25) is 0 Å². The molecule has 0 radical (unpaired) electrons. The molecule has 0 saturated heterocycles. The minimum Gasteiger partial charge on any atom is -0.265 e. The highest BCUT2D eigenvalue weighted by atomic mass is 15.1. The first kappa shape index (κ1) is 14.6. The first-order valence-electron chi connectivity index (χ1n) is 7.09. The number of hydrogen-bond donors (Lipinski definition) is 0. The predicted octanol–water partition coefficient (Wildman–Crippen LogP) is 3.91. The largest absolute Gasteiger partial charge is 0.265 e. The topological polar surface area (TPSA) is 38.7 Å². The molecule has 0 fully saturated rings. The molecule has 0 N–H and O–H groups in total. The van der Waals surface area contributed by atoms with Gasteiger partial charge in [-0.2, -0.15) is 10.2 Å². The lowest BCUT2D eigenvalue weighted by atomic mass is 9.73.